The molecule has 1 N–H and O–H groups in total. The molecule has 1 atom stereocenters. The van der Waals surface area contributed by atoms with Crippen LogP contribution in [0.1, 0.15) is 38.8 Å². The minimum Gasteiger partial charge on any atom is -0.352 e. The maximum absolute atomic E-state index is 13.8. The Morgan fingerprint density at radius 1 is 0.868 bits per heavy atom. The lowest BCUT2D eigenvalue weighted by Crippen LogP contribution is -2.52. The first-order valence-electron chi connectivity index (χ1n) is 12.5. The van der Waals surface area contributed by atoms with Crippen molar-refractivity contribution < 1.29 is 18.0 Å². The van der Waals surface area contributed by atoms with E-state index >= 15 is 0 Å². The number of anilines is 1. The van der Waals surface area contributed by atoms with Gasteiger partial charge in [-0.25, -0.2) is 8.42 Å². The van der Waals surface area contributed by atoms with Crippen molar-refractivity contribution in [2.45, 2.75) is 57.6 Å². The summed E-state index contributed by atoms with van der Waals surface area (Å²) in [5.74, 6) is -0.836. The van der Waals surface area contributed by atoms with E-state index in [1.807, 2.05) is 32.9 Å². The summed E-state index contributed by atoms with van der Waals surface area (Å²) in [6.45, 7) is 6.95. The Bertz CT molecular complexity index is 1330. The van der Waals surface area contributed by atoms with Gasteiger partial charge < -0.3 is 10.2 Å². The number of aryl methyl sites for hydroxylation is 1. The van der Waals surface area contributed by atoms with E-state index in [1.165, 1.54) is 17.0 Å². The summed E-state index contributed by atoms with van der Waals surface area (Å²) >= 11 is 6.03. The molecule has 0 aliphatic carbocycles. The number of hydrogen-bond donors (Lipinski definition) is 1. The van der Waals surface area contributed by atoms with Gasteiger partial charge in [0.25, 0.3) is 10.0 Å². The maximum Gasteiger partial charge on any atom is 0.264 e. The van der Waals surface area contributed by atoms with Crippen molar-refractivity contribution >= 4 is 39.1 Å². The molecule has 0 spiro atoms. The number of carbonyl (C=O) groups is 2. The fraction of sp³-hybridized carbons (Fsp3) is 0.310. The number of nitrogens with zero attached hydrogens (tertiary/aromatic N) is 2. The molecule has 0 fully saturated rings. The van der Waals surface area contributed by atoms with Gasteiger partial charge in [0.15, 0.2) is 0 Å². The van der Waals surface area contributed by atoms with E-state index in [1.54, 1.807) is 61.5 Å². The van der Waals surface area contributed by atoms with Gasteiger partial charge >= 0.3 is 0 Å². The Labute approximate surface area is 230 Å². The molecule has 9 heteroatoms. The van der Waals surface area contributed by atoms with Crippen LogP contribution >= 0.6 is 11.6 Å². The Hall–Kier alpha value is -3.36. The van der Waals surface area contributed by atoms with Crippen LogP contribution in [0.15, 0.2) is 83.8 Å². The van der Waals surface area contributed by atoms with E-state index in [0.717, 1.165) is 21.9 Å². The summed E-state index contributed by atoms with van der Waals surface area (Å²) in [7, 11) is -4.08. The number of halogens is 1. The van der Waals surface area contributed by atoms with E-state index in [4.69, 9.17) is 11.6 Å². The average Bonchev–Trinajstić information content (AvgIpc) is 2.91. The molecule has 0 heterocycles. The lowest BCUT2D eigenvalue weighted by Gasteiger charge is -2.32. The molecule has 0 aliphatic heterocycles. The van der Waals surface area contributed by atoms with Crippen molar-refractivity contribution in [2.75, 3.05) is 10.8 Å². The van der Waals surface area contributed by atoms with Crippen LogP contribution in [-0.2, 0) is 32.6 Å². The third-order valence-corrected chi connectivity index (χ3v) is 8.15. The molecule has 0 unspecified atom stereocenters. The van der Waals surface area contributed by atoms with Crippen molar-refractivity contribution in [3.8, 4) is 0 Å². The minimum atomic E-state index is -4.08. The van der Waals surface area contributed by atoms with Gasteiger partial charge in [-0.3, -0.25) is 13.9 Å². The molecule has 0 radical (unpaired) electrons. The molecule has 3 rings (SSSR count). The van der Waals surface area contributed by atoms with Gasteiger partial charge in [0.05, 0.1) is 10.6 Å². The third-order valence-electron chi connectivity index (χ3n) is 6.11. The number of rotatable bonds is 11. The number of carbonyl (C=O) groups excluding carboxylic acids is 2. The second kappa shape index (κ2) is 12.9. The first kappa shape index (κ1) is 29.2. The lowest BCUT2D eigenvalue weighted by molar-refractivity contribution is -0.139. The topological polar surface area (TPSA) is 86.8 Å². The Kier molecular flexibility index (Phi) is 9.94. The summed E-state index contributed by atoms with van der Waals surface area (Å²) in [5, 5.41) is 3.39. The van der Waals surface area contributed by atoms with Gasteiger partial charge in [-0.05, 0) is 74.7 Å². The van der Waals surface area contributed by atoms with Gasteiger partial charge in [0, 0.05) is 17.6 Å². The molecular weight excluding hydrogens is 522 g/mol. The molecule has 0 aromatic heterocycles. The highest BCUT2D eigenvalue weighted by Crippen LogP contribution is 2.25. The summed E-state index contributed by atoms with van der Waals surface area (Å²) < 4.78 is 28.6. The largest absolute Gasteiger partial charge is 0.352 e. The fourth-order valence-electron chi connectivity index (χ4n) is 3.92. The van der Waals surface area contributed by atoms with Crippen molar-refractivity contribution in [3.05, 3.63) is 95.0 Å². The molecule has 2 amide bonds. The predicted molar refractivity (Wildman–Crippen MR) is 152 cm³/mol. The molecule has 3 aromatic carbocycles. The van der Waals surface area contributed by atoms with Crippen LogP contribution < -0.4 is 9.62 Å². The molecule has 3 aromatic rings. The molecule has 202 valence electrons. The molecule has 0 saturated carbocycles. The lowest BCUT2D eigenvalue weighted by atomic mass is 10.1. The summed E-state index contributed by atoms with van der Waals surface area (Å²) in [4.78, 5) is 28.2. The zero-order valence-corrected chi connectivity index (χ0v) is 23.7. The van der Waals surface area contributed by atoms with E-state index < -0.39 is 28.5 Å². The zero-order chi connectivity index (χ0) is 27.9. The quantitative estimate of drug-likeness (QED) is 0.359. The van der Waals surface area contributed by atoms with Crippen LogP contribution in [0, 0.1) is 0 Å². The zero-order valence-electron chi connectivity index (χ0n) is 22.1. The van der Waals surface area contributed by atoms with Crippen LogP contribution in [-0.4, -0.2) is 43.8 Å². The van der Waals surface area contributed by atoms with Crippen LogP contribution in [0.4, 0.5) is 5.69 Å². The number of hydrogen-bond acceptors (Lipinski definition) is 4. The van der Waals surface area contributed by atoms with Crippen LogP contribution in [0.2, 0.25) is 5.02 Å². The van der Waals surface area contributed by atoms with Crippen LogP contribution in [0.25, 0.3) is 0 Å². The van der Waals surface area contributed by atoms with E-state index in [9.17, 15) is 18.0 Å². The predicted octanol–water partition coefficient (Wildman–Crippen LogP) is 5.04. The first-order chi connectivity index (χ1) is 18.0. The number of nitrogens with one attached hydrogen (secondary N) is 1. The SMILES string of the molecule is CCc1ccc(N(CC(=O)N(Cc2ccc(Cl)cc2)[C@@H](C)C(=O)NC(C)C)S(=O)(=O)c2ccccc2)cc1. The molecule has 0 aliphatic rings. The average molecular weight is 556 g/mol. The van der Waals surface area contributed by atoms with E-state index in [0.29, 0.717) is 10.7 Å². The molecule has 0 saturated heterocycles. The van der Waals surface area contributed by atoms with Crippen molar-refractivity contribution in [1.29, 1.82) is 0 Å². The minimum absolute atomic E-state index is 0.0715. The van der Waals surface area contributed by atoms with Crippen LogP contribution in [0.5, 0.6) is 0 Å². The number of amides is 2. The molecule has 0 bridgehead atoms. The highest BCUT2D eigenvalue weighted by molar-refractivity contribution is 7.92. The van der Waals surface area contributed by atoms with Gasteiger partial charge in [-0.15, -0.1) is 0 Å². The summed E-state index contributed by atoms with van der Waals surface area (Å²) in [6.07, 6.45) is 0.794. The highest BCUT2D eigenvalue weighted by atomic mass is 35.5. The van der Waals surface area contributed by atoms with Crippen molar-refractivity contribution in [1.82, 2.24) is 10.2 Å². The highest BCUT2D eigenvalue weighted by Gasteiger charge is 2.32. The van der Waals surface area contributed by atoms with E-state index in [2.05, 4.69) is 5.32 Å². The second-order valence-electron chi connectivity index (χ2n) is 9.33. The molecular formula is C29H34ClN3O4S. The van der Waals surface area contributed by atoms with Gasteiger partial charge in [-0.2, -0.15) is 0 Å². The smallest absolute Gasteiger partial charge is 0.264 e. The van der Waals surface area contributed by atoms with Gasteiger partial charge in [-0.1, -0.05) is 61.0 Å². The standard InChI is InChI=1S/C29H34ClN3O4S/c1-5-23-13-17-26(18-14-23)33(38(36,37)27-9-7-6-8-10-27)20-28(34)32(22(4)29(35)31-21(2)3)19-24-11-15-25(30)16-12-24/h6-18,21-22H,5,19-20H2,1-4H3,(H,31,35)/t22-/m0/s1. The summed E-state index contributed by atoms with van der Waals surface area (Å²) in [5.41, 5.74) is 2.17. The first-order valence-corrected chi connectivity index (χ1v) is 14.4. The third kappa shape index (κ3) is 7.36. The van der Waals surface area contributed by atoms with Gasteiger partial charge in [0.1, 0.15) is 12.6 Å². The van der Waals surface area contributed by atoms with Gasteiger partial charge in [0.2, 0.25) is 11.8 Å². The molecule has 38 heavy (non-hydrogen) atoms. The van der Waals surface area contributed by atoms with Crippen molar-refractivity contribution in [2.24, 2.45) is 0 Å². The fourth-order valence-corrected chi connectivity index (χ4v) is 5.48. The number of benzene rings is 3. The van der Waals surface area contributed by atoms with Crippen molar-refractivity contribution in [3.63, 3.8) is 0 Å². The second-order valence-corrected chi connectivity index (χ2v) is 11.6. The normalized spacial score (nSPS) is 12.2. The van der Waals surface area contributed by atoms with E-state index in [-0.39, 0.29) is 23.4 Å². The van der Waals surface area contributed by atoms with Crippen LogP contribution in [0.3, 0.4) is 0 Å². The molecule has 7 nitrogen and oxygen atoms in total. The Morgan fingerprint density at radius 2 is 1.45 bits per heavy atom. The Morgan fingerprint density at radius 3 is 2.00 bits per heavy atom. The maximum atomic E-state index is 13.8. The monoisotopic (exact) mass is 555 g/mol. The Balaban J connectivity index is 2.01. The number of sulfonamides is 1. The summed E-state index contributed by atoms with van der Waals surface area (Å²) in [6, 6.07) is 21.1.